The van der Waals surface area contributed by atoms with Crippen LogP contribution in [0.3, 0.4) is 0 Å². The zero-order valence-corrected chi connectivity index (χ0v) is 37.6. The number of nitrogens with zero attached hydrogens (tertiary/aromatic N) is 6. The van der Waals surface area contributed by atoms with E-state index in [0.29, 0.717) is 5.82 Å². The van der Waals surface area contributed by atoms with Crippen LogP contribution in [0.1, 0.15) is 0 Å². The molecule has 4 aromatic heterocycles. The second kappa shape index (κ2) is 15.0. The number of benzene rings is 9. The lowest BCUT2D eigenvalue weighted by Crippen LogP contribution is -2.01. The first-order chi connectivity index (χ1) is 34.7. The van der Waals surface area contributed by atoms with Crippen LogP contribution in [-0.2, 0) is 0 Å². The highest BCUT2D eigenvalue weighted by atomic mass is 15.2. The van der Waals surface area contributed by atoms with E-state index in [2.05, 4.69) is 215 Å². The molecule has 0 bridgehead atoms. The van der Waals surface area contributed by atoms with Crippen LogP contribution in [0.5, 0.6) is 0 Å². The summed E-state index contributed by atoms with van der Waals surface area (Å²) in [5, 5.41) is 0. The second-order valence-electron chi connectivity index (χ2n) is 18.2. The average Bonchev–Trinajstić information content (AvgIpc) is 3.97. The Morgan fingerprint density at radius 1 is 0.300 bits per heavy atom. The van der Waals surface area contributed by atoms with Gasteiger partial charge in [-0.15, -0.1) is 0 Å². The fourth-order valence-corrected chi connectivity index (χ4v) is 11.3. The van der Waals surface area contributed by atoms with Crippen molar-refractivity contribution in [1.82, 2.24) is 28.9 Å². The van der Waals surface area contributed by atoms with Gasteiger partial charge in [-0.2, -0.15) is 0 Å². The van der Waals surface area contributed by atoms with Gasteiger partial charge >= 0.3 is 0 Å². The van der Waals surface area contributed by atoms with Gasteiger partial charge < -0.3 is 0 Å². The molecule has 0 fully saturated rings. The van der Waals surface area contributed by atoms with Crippen LogP contribution in [0, 0.1) is 0 Å². The van der Waals surface area contributed by atoms with Gasteiger partial charge in [0.15, 0.2) is 5.82 Å². The minimum atomic E-state index is 0.669. The third-order valence-electron chi connectivity index (χ3n) is 14.4. The molecule has 0 N–H and O–H groups in total. The molecule has 6 nitrogen and oxygen atoms in total. The molecule has 0 saturated carbocycles. The molecule has 15 rings (SSSR count). The minimum Gasteiger partial charge on any atom is -0.278 e. The van der Waals surface area contributed by atoms with E-state index in [9.17, 15) is 0 Å². The monoisotopic (exact) mass is 890 g/mol. The van der Waals surface area contributed by atoms with Gasteiger partial charge in [0.2, 0.25) is 5.78 Å². The van der Waals surface area contributed by atoms with Crippen molar-refractivity contribution in [3.63, 3.8) is 0 Å². The van der Waals surface area contributed by atoms with Gasteiger partial charge in [0.25, 0.3) is 0 Å². The van der Waals surface area contributed by atoms with Crippen LogP contribution in [0.2, 0.25) is 0 Å². The molecule has 6 heteroatoms. The summed E-state index contributed by atoms with van der Waals surface area (Å²) < 4.78 is 4.59. The molecule has 2 aliphatic rings. The summed E-state index contributed by atoms with van der Waals surface area (Å²) in [5.41, 5.74) is 26.5. The quantitative estimate of drug-likeness (QED) is 0.177. The molecule has 0 spiro atoms. The molecule has 0 amide bonds. The van der Waals surface area contributed by atoms with Gasteiger partial charge in [-0.25, -0.2) is 15.0 Å². The van der Waals surface area contributed by atoms with E-state index in [4.69, 9.17) is 19.9 Å². The van der Waals surface area contributed by atoms with Gasteiger partial charge in [0, 0.05) is 40.3 Å². The summed E-state index contributed by atoms with van der Waals surface area (Å²) in [6, 6.07) is 78.5. The second-order valence-corrected chi connectivity index (χ2v) is 18.2. The summed E-state index contributed by atoms with van der Waals surface area (Å²) in [4.78, 5) is 20.4. The number of aromatic nitrogens is 6. The van der Waals surface area contributed by atoms with Crippen molar-refractivity contribution in [2.24, 2.45) is 0 Å². The smallest absolute Gasteiger partial charge is 0.220 e. The Morgan fingerprint density at radius 3 is 1.47 bits per heavy atom. The van der Waals surface area contributed by atoms with Crippen molar-refractivity contribution in [3.05, 3.63) is 231 Å². The Bertz CT molecular complexity index is 4320. The predicted molar refractivity (Wildman–Crippen MR) is 284 cm³/mol. The van der Waals surface area contributed by atoms with Crippen LogP contribution >= 0.6 is 0 Å². The van der Waals surface area contributed by atoms with Gasteiger partial charge in [-0.05, 0) is 133 Å². The zero-order chi connectivity index (χ0) is 45.9. The van der Waals surface area contributed by atoms with E-state index in [1.807, 2.05) is 24.5 Å². The summed E-state index contributed by atoms with van der Waals surface area (Å²) in [6.07, 6.45) is 3.78. The van der Waals surface area contributed by atoms with Gasteiger partial charge in [0.05, 0.1) is 33.5 Å². The highest BCUT2D eigenvalue weighted by molar-refractivity contribution is 6.06. The standard InChI is InChI=1S/C64H38N6/c1-4-18-46-42(14-1)43-15-2-6-20-48(43)56-38-41(69-60-25-11-12-26-61(60)70-59-24-10-9-23-58(59)68-64(69)70)29-32-50(56)49-30-27-39(36-54(46)49)57-33-35-66-63(67-57)40-28-31-51-53-22-13-34-65-62(53)52-21-8-7-17-45(52)44-16-3-5-19-47(44)55(51)37-40/h1-38H. The molecule has 0 radical (unpaired) electrons. The molecule has 9 aromatic carbocycles. The van der Waals surface area contributed by atoms with E-state index in [1.165, 1.54) is 33.4 Å². The van der Waals surface area contributed by atoms with Crippen molar-refractivity contribution in [3.8, 4) is 117 Å². The average molecular weight is 891 g/mol. The maximum Gasteiger partial charge on any atom is 0.220 e. The number of rotatable bonds is 3. The van der Waals surface area contributed by atoms with Crippen LogP contribution in [0.4, 0.5) is 0 Å². The van der Waals surface area contributed by atoms with Crippen molar-refractivity contribution in [2.75, 3.05) is 0 Å². The van der Waals surface area contributed by atoms with Gasteiger partial charge in [-0.1, -0.05) is 158 Å². The number of pyridine rings is 1. The lowest BCUT2D eigenvalue weighted by Gasteiger charge is -2.24. The van der Waals surface area contributed by atoms with Crippen LogP contribution in [0.25, 0.3) is 145 Å². The molecular formula is C64H38N6. The van der Waals surface area contributed by atoms with Crippen molar-refractivity contribution in [1.29, 1.82) is 0 Å². The van der Waals surface area contributed by atoms with Crippen molar-refractivity contribution < 1.29 is 0 Å². The fourth-order valence-electron chi connectivity index (χ4n) is 11.3. The first-order valence-electron chi connectivity index (χ1n) is 23.7. The molecule has 0 saturated heterocycles. The van der Waals surface area contributed by atoms with E-state index < -0.39 is 0 Å². The summed E-state index contributed by atoms with van der Waals surface area (Å²) in [6.45, 7) is 0. The molecule has 4 heterocycles. The van der Waals surface area contributed by atoms with Gasteiger partial charge in [-0.3, -0.25) is 14.0 Å². The molecule has 13 aromatic rings. The first-order valence-corrected chi connectivity index (χ1v) is 23.7. The van der Waals surface area contributed by atoms with Crippen LogP contribution < -0.4 is 0 Å². The normalized spacial score (nSPS) is 12.0. The predicted octanol–water partition coefficient (Wildman–Crippen LogP) is 15.9. The van der Waals surface area contributed by atoms with E-state index in [1.54, 1.807) is 0 Å². The number of hydrogen-bond acceptors (Lipinski definition) is 4. The number of imidazole rings is 2. The summed E-state index contributed by atoms with van der Waals surface area (Å²) in [5.74, 6) is 1.56. The maximum absolute atomic E-state index is 5.34. The van der Waals surface area contributed by atoms with Crippen LogP contribution in [-0.4, -0.2) is 28.9 Å². The third kappa shape index (κ3) is 5.68. The summed E-state index contributed by atoms with van der Waals surface area (Å²) in [7, 11) is 0. The Balaban J connectivity index is 0.891. The lowest BCUT2D eigenvalue weighted by molar-refractivity contribution is 1.11. The summed E-state index contributed by atoms with van der Waals surface area (Å²) >= 11 is 0. The molecule has 324 valence electrons. The SMILES string of the molecule is c1ccc2c(c1)-c1ccccc1-c1cc(-n3c4ccccc4n4c5ccccc5nc34)ccc1-c1ccc(-c3ccnc(-c4ccc5c(c4)-c4ccccc4-c4ccccc4-c4ncccc4-5)n3)cc1-2. The van der Waals surface area contributed by atoms with Crippen LogP contribution in [0.15, 0.2) is 231 Å². The van der Waals surface area contributed by atoms with E-state index in [0.717, 1.165) is 106 Å². The maximum atomic E-state index is 5.34. The van der Waals surface area contributed by atoms with Crippen molar-refractivity contribution in [2.45, 2.75) is 0 Å². The topological polar surface area (TPSA) is 60.9 Å². The number of para-hydroxylation sites is 4. The lowest BCUT2D eigenvalue weighted by atomic mass is 9.80. The van der Waals surface area contributed by atoms with Gasteiger partial charge in [0.1, 0.15) is 0 Å². The fraction of sp³-hybridized carbons (Fsp3) is 0. The van der Waals surface area contributed by atoms with E-state index in [-0.39, 0.29) is 0 Å². The largest absolute Gasteiger partial charge is 0.278 e. The highest BCUT2D eigenvalue weighted by Gasteiger charge is 2.26. The Kier molecular flexibility index (Phi) is 8.26. The Hall–Kier alpha value is -9.52. The molecule has 0 aliphatic heterocycles. The van der Waals surface area contributed by atoms with Crippen molar-refractivity contribution >= 4 is 27.8 Å². The molecule has 70 heavy (non-hydrogen) atoms. The Morgan fingerprint density at radius 2 is 0.786 bits per heavy atom. The minimum absolute atomic E-state index is 0.669. The number of hydrogen-bond donors (Lipinski definition) is 0. The molecule has 0 atom stereocenters. The zero-order valence-electron chi connectivity index (χ0n) is 37.6. The molecule has 2 aliphatic carbocycles. The first kappa shape index (κ1) is 38.6. The highest BCUT2D eigenvalue weighted by Crippen LogP contribution is 2.50. The molecule has 0 unspecified atom stereocenters. The number of fused-ring (bicyclic) bond motifs is 21. The Labute approximate surface area is 403 Å². The molecular weight excluding hydrogens is 853 g/mol. The third-order valence-corrected chi connectivity index (χ3v) is 14.4. The van der Waals surface area contributed by atoms with E-state index >= 15 is 0 Å².